The Morgan fingerprint density at radius 3 is 2.23 bits per heavy atom. The van der Waals surface area contributed by atoms with Gasteiger partial charge in [-0.1, -0.05) is 24.3 Å². The van der Waals surface area contributed by atoms with Crippen LogP contribution in [0.1, 0.15) is 31.8 Å². The third-order valence-corrected chi connectivity index (χ3v) is 5.05. The Morgan fingerprint density at radius 2 is 1.57 bits per heavy atom. The molecule has 0 heterocycles. The number of benzene rings is 3. The summed E-state index contributed by atoms with van der Waals surface area (Å²) in [4.78, 5) is 27.2. The number of carbonyl (C=O) groups is 2. The molecule has 0 saturated carbocycles. The summed E-state index contributed by atoms with van der Waals surface area (Å²) in [7, 11) is 3.85. The number of hydrogen-bond donors (Lipinski definition) is 2. The fraction of sp³-hybridized carbons (Fsp3) is 0.167. The van der Waals surface area contributed by atoms with E-state index in [2.05, 4.69) is 10.6 Å². The summed E-state index contributed by atoms with van der Waals surface area (Å²) < 4.78 is 0. The molecular weight excluding hydrogens is 398 g/mol. The second kappa shape index (κ2) is 9.46. The van der Waals surface area contributed by atoms with Crippen LogP contribution in [0.15, 0.2) is 66.7 Å². The maximum Gasteiger partial charge on any atom is 0.255 e. The van der Waals surface area contributed by atoms with Crippen LogP contribution in [0.4, 0.5) is 17.1 Å². The van der Waals surface area contributed by atoms with Crippen molar-refractivity contribution in [1.82, 2.24) is 0 Å². The summed E-state index contributed by atoms with van der Waals surface area (Å²) in [6, 6.07) is 20.0. The monoisotopic (exact) mass is 421 g/mol. The zero-order chi connectivity index (χ0) is 21.7. The molecule has 0 bridgehead atoms. The third-order valence-electron chi connectivity index (χ3n) is 4.74. The number of rotatable bonds is 6. The minimum Gasteiger partial charge on any atom is -0.378 e. The second-order valence-corrected chi connectivity index (χ2v) is 7.48. The van der Waals surface area contributed by atoms with E-state index in [1.54, 1.807) is 24.3 Å². The molecule has 0 aliphatic carbocycles. The van der Waals surface area contributed by atoms with E-state index in [1.807, 2.05) is 68.4 Å². The van der Waals surface area contributed by atoms with Crippen molar-refractivity contribution in [3.05, 3.63) is 89.0 Å². The standard InChI is InChI=1S/C24H24ClN3O2/c1-16-7-12-20(26-24(30)19-5-4-6-21(13-19)28(2)3)14-22(16)27-23(29)18-10-8-17(15-25)9-11-18/h4-14H,15H2,1-3H3,(H,26,30)(H,27,29). The van der Waals surface area contributed by atoms with Gasteiger partial charge in [-0.25, -0.2) is 0 Å². The summed E-state index contributed by atoms with van der Waals surface area (Å²) in [6.45, 7) is 1.90. The highest BCUT2D eigenvalue weighted by molar-refractivity contribution is 6.17. The van der Waals surface area contributed by atoms with E-state index in [-0.39, 0.29) is 11.8 Å². The molecular formula is C24H24ClN3O2. The topological polar surface area (TPSA) is 61.4 Å². The molecule has 0 saturated heterocycles. The molecule has 3 aromatic rings. The third kappa shape index (κ3) is 5.19. The van der Waals surface area contributed by atoms with E-state index in [0.717, 1.165) is 16.8 Å². The summed E-state index contributed by atoms with van der Waals surface area (Å²) in [5.74, 6) is -0.0295. The molecule has 6 heteroatoms. The Morgan fingerprint density at radius 1 is 0.867 bits per heavy atom. The molecule has 5 nitrogen and oxygen atoms in total. The number of aryl methyl sites for hydroxylation is 1. The highest BCUT2D eigenvalue weighted by Gasteiger charge is 2.11. The van der Waals surface area contributed by atoms with Gasteiger partial charge in [-0.3, -0.25) is 9.59 Å². The zero-order valence-electron chi connectivity index (χ0n) is 17.2. The lowest BCUT2D eigenvalue weighted by Gasteiger charge is -2.14. The molecule has 0 radical (unpaired) electrons. The molecule has 3 rings (SSSR count). The number of nitrogens with zero attached hydrogens (tertiary/aromatic N) is 1. The second-order valence-electron chi connectivity index (χ2n) is 7.21. The fourth-order valence-corrected chi connectivity index (χ4v) is 3.08. The first-order valence-electron chi connectivity index (χ1n) is 9.53. The zero-order valence-corrected chi connectivity index (χ0v) is 18.0. The van der Waals surface area contributed by atoms with Crippen LogP contribution in [0.3, 0.4) is 0 Å². The van der Waals surface area contributed by atoms with E-state index in [9.17, 15) is 9.59 Å². The maximum absolute atomic E-state index is 12.7. The summed E-state index contributed by atoms with van der Waals surface area (Å²) in [6.07, 6.45) is 0. The number of alkyl halides is 1. The van der Waals surface area contributed by atoms with Crippen molar-refractivity contribution in [1.29, 1.82) is 0 Å². The van der Waals surface area contributed by atoms with Crippen LogP contribution in [0.2, 0.25) is 0 Å². The van der Waals surface area contributed by atoms with Crippen LogP contribution in [-0.2, 0) is 5.88 Å². The molecule has 0 aromatic heterocycles. The Kier molecular flexibility index (Phi) is 6.75. The van der Waals surface area contributed by atoms with Gasteiger partial charge in [0.15, 0.2) is 0 Å². The molecule has 3 aromatic carbocycles. The predicted molar refractivity (Wildman–Crippen MR) is 124 cm³/mol. The maximum atomic E-state index is 12.7. The van der Waals surface area contributed by atoms with Crippen molar-refractivity contribution in [3.8, 4) is 0 Å². The van der Waals surface area contributed by atoms with Gasteiger partial charge in [0.05, 0.1) is 0 Å². The van der Waals surface area contributed by atoms with E-state index in [4.69, 9.17) is 11.6 Å². The Hall–Kier alpha value is -3.31. The number of anilines is 3. The molecule has 0 aliphatic heterocycles. The molecule has 0 spiro atoms. The van der Waals surface area contributed by atoms with Crippen LogP contribution in [0.25, 0.3) is 0 Å². The smallest absolute Gasteiger partial charge is 0.255 e. The van der Waals surface area contributed by atoms with Crippen LogP contribution < -0.4 is 15.5 Å². The van der Waals surface area contributed by atoms with Gasteiger partial charge in [0, 0.05) is 48.2 Å². The first-order valence-corrected chi connectivity index (χ1v) is 10.1. The van der Waals surface area contributed by atoms with Gasteiger partial charge in [-0.05, 0) is 60.5 Å². The van der Waals surface area contributed by atoms with Crippen molar-refractivity contribution in [2.45, 2.75) is 12.8 Å². The van der Waals surface area contributed by atoms with Crippen molar-refractivity contribution in [2.75, 3.05) is 29.6 Å². The van der Waals surface area contributed by atoms with Gasteiger partial charge < -0.3 is 15.5 Å². The van der Waals surface area contributed by atoms with Gasteiger partial charge in [-0.15, -0.1) is 11.6 Å². The van der Waals surface area contributed by atoms with E-state index in [0.29, 0.717) is 28.4 Å². The van der Waals surface area contributed by atoms with Gasteiger partial charge in [0.2, 0.25) is 0 Å². The average Bonchev–Trinajstić information content (AvgIpc) is 2.76. The lowest BCUT2D eigenvalue weighted by atomic mass is 10.1. The summed E-state index contributed by atoms with van der Waals surface area (Å²) in [5, 5.41) is 5.81. The van der Waals surface area contributed by atoms with Crippen LogP contribution >= 0.6 is 11.6 Å². The lowest BCUT2D eigenvalue weighted by Crippen LogP contribution is -2.15. The Labute approximate surface area is 181 Å². The molecule has 30 heavy (non-hydrogen) atoms. The van der Waals surface area contributed by atoms with Crippen molar-refractivity contribution in [2.24, 2.45) is 0 Å². The van der Waals surface area contributed by atoms with Gasteiger partial charge in [0.25, 0.3) is 11.8 Å². The van der Waals surface area contributed by atoms with Crippen LogP contribution in [0, 0.1) is 6.92 Å². The highest BCUT2D eigenvalue weighted by Crippen LogP contribution is 2.22. The van der Waals surface area contributed by atoms with Crippen LogP contribution in [-0.4, -0.2) is 25.9 Å². The minimum atomic E-state index is -0.221. The number of halogens is 1. The fourth-order valence-electron chi connectivity index (χ4n) is 2.90. The highest BCUT2D eigenvalue weighted by atomic mass is 35.5. The van der Waals surface area contributed by atoms with Crippen molar-refractivity contribution < 1.29 is 9.59 Å². The summed E-state index contributed by atoms with van der Waals surface area (Å²) >= 11 is 5.80. The Balaban J connectivity index is 1.75. The molecule has 2 N–H and O–H groups in total. The minimum absolute atomic E-state index is 0.212. The predicted octanol–water partition coefficient (Wildman–Crippen LogP) is 5.30. The van der Waals surface area contributed by atoms with Gasteiger partial charge in [0.1, 0.15) is 0 Å². The normalized spacial score (nSPS) is 10.4. The summed E-state index contributed by atoms with van der Waals surface area (Å²) in [5.41, 5.74) is 5.14. The van der Waals surface area contributed by atoms with E-state index >= 15 is 0 Å². The number of amides is 2. The number of hydrogen-bond acceptors (Lipinski definition) is 3. The number of nitrogens with one attached hydrogen (secondary N) is 2. The van der Waals surface area contributed by atoms with E-state index in [1.165, 1.54) is 0 Å². The van der Waals surface area contributed by atoms with Gasteiger partial charge in [-0.2, -0.15) is 0 Å². The Bertz CT molecular complexity index is 1060. The molecule has 0 fully saturated rings. The molecule has 0 atom stereocenters. The number of carbonyl (C=O) groups excluding carboxylic acids is 2. The van der Waals surface area contributed by atoms with E-state index < -0.39 is 0 Å². The molecule has 0 unspecified atom stereocenters. The molecule has 2 amide bonds. The largest absolute Gasteiger partial charge is 0.378 e. The quantitative estimate of drug-likeness (QED) is 0.530. The lowest BCUT2D eigenvalue weighted by molar-refractivity contribution is 0.101. The average molecular weight is 422 g/mol. The first kappa shape index (κ1) is 21.4. The first-order chi connectivity index (χ1) is 14.4. The van der Waals surface area contributed by atoms with Crippen molar-refractivity contribution >= 4 is 40.5 Å². The molecule has 154 valence electrons. The molecule has 0 aliphatic rings. The van der Waals surface area contributed by atoms with Crippen molar-refractivity contribution in [3.63, 3.8) is 0 Å². The van der Waals surface area contributed by atoms with Gasteiger partial charge >= 0.3 is 0 Å². The SMILES string of the molecule is Cc1ccc(NC(=O)c2cccc(N(C)C)c2)cc1NC(=O)c1ccc(CCl)cc1. The van der Waals surface area contributed by atoms with Crippen LogP contribution in [0.5, 0.6) is 0 Å².